The molecule has 140 valence electrons. The number of nitrogens with one attached hydrogen (secondary N) is 1. The van der Waals surface area contributed by atoms with E-state index in [2.05, 4.69) is 4.98 Å². The van der Waals surface area contributed by atoms with Gasteiger partial charge < -0.3 is 19.4 Å². The molecule has 3 rings (SSSR count). The highest BCUT2D eigenvalue weighted by molar-refractivity contribution is 5.80. The Morgan fingerprint density at radius 1 is 0.963 bits per heavy atom. The second-order valence-corrected chi connectivity index (χ2v) is 6.30. The number of H-pyrrole nitrogens is 1. The number of ether oxygens (including phenoxy) is 2. The van der Waals surface area contributed by atoms with Crippen molar-refractivity contribution in [2.24, 2.45) is 0 Å². The van der Waals surface area contributed by atoms with E-state index in [1.54, 1.807) is 37.3 Å². The molecule has 0 bridgehead atoms. The lowest BCUT2D eigenvalue weighted by Crippen LogP contribution is -2.30. The van der Waals surface area contributed by atoms with Crippen molar-refractivity contribution in [2.45, 2.75) is 20.0 Å². The smallest absolute Gasteiger partial charge is 0.253 e. The number of rotatable bonds is 6. The van der Waals surface area contributed by atoms with Gasteiger partial charge in [0.05, 0.1) is 20.8 Å². The SMILES string of the molecule is COc1ccc(CN(Cc2cc3cc(OC)ccc3[nH]c2=O)C(C)=O)cc1. The minimum absolute atomic E-state index is 0.101. The van der Waals surface area contributed by atoms with Gasteiger partial charge in [-0.1, -0.05) is 12.1 Å². The van der Waals surface area contributed by atoms with E-state index in [0.717, 1.165) is 22.2 Å². The fraction of sp³-hybridized carbons (Fsp3) is 0.238. The molecule has 0 aliphatic rings. The van der Waals surface area contributed by atoms with Gasteiger partial charge in [0.15, 0.2) is 0 Å². The maximum absolute atomic E-state index is 12.4. The summed E-state index contributed by atoms with van der Waals surface area (Å²) in [4.78, 5) is 29.1. The van der Waals surface area contributed by atoms with Crippen LogP contribution in [0.1, 0.15) is 18.1 Å². The summed E-state index contributed by atoms with van der Waals surface area (Å²) in [5, 5.41) is 0.858. The minimum Gasteiger partial charge on any atom is -0.497 e. The normalized spacial score (nSPS) is 10.6. The van der Waals surface area contributed by atoms with E-state index in [1.165, 1.54) is 6.92 Å². The molecule has 1 heterocycles. The number of fused-ring (bicyclic) bond motifs is 1. The summed E-state index contributed by atoms with van der Waals surface area (Å²) in [5.74, 6) is 1.37. The Bertz CT molecular complexity index is 1010. The van der Waals surface area contributed by atoms with Crippen LogP contribution >= 0.6 is 0 Å². The largest absolute Gasteiger partial charge is 0.497 e. The first-order chi connectivity index (χ1) is 13.0. The third kappa shape index (κ3) is 4.28. The van der Waals surface area contributed by atoms with Crippen LogP contribution in [-0.4, -0.2) is 30.0 Å². The first kappa shape index (κ1) is 18.5. The zero-order valence-electron chi connectivity index (χ0n) is 15.6. The Kier molecular flexibility index (Phi) is 5.45. The molecule has 2 aromatic carbocycles. The average Bonchev–Trinajstić information content (AvgIpc) is 2.68. The lowest BCUT2D eigenvalue weighted by molar-refractivity contribution is -0.130. The van der Waals surface area contributed by atoms with Crippen molar-refractivity contribution in [3.8, 4) is 11.5 Å². The van der Waals surface area contributed by atoms with Gasteiger partial charge in [0.2, 0.25) is 5.91 Å². The second-order valence-electron chi connectivity index (χ2n) is 6.30. The number of amides is 1. The summed E-state index contributed by atoms with van der Waals surface area (Å²) < 4.78 is 10.4. The average molecular weight is 366 g/mol. The van der Waals surface area contributed by atoms with Crippen LogP contribution in [0.2, 0.25) is 0 Å². The molecule has 1 aromatic heterocycles. The maximum Gasteiger partial charge on any atom is 0.253 e. The highest BCUT2D eigenvalue weighted by atomic mass is 16.5. The molecule has 6 heteroatoms. The number of benzene rings is 2. The van der Waals surface area contributed by atoms with Crippen LogP contribution in [0, 0.1) is 0 Å². The van der Waals surface area contributed by atoms with E-state index in [9.17, 15) is 9.59 Å². The van der Waals surface area contributed by atoms with Gasteiger partial charge in [-0.25, -0.2) is 0 Å². The first-order valence-corrected chi connectivity index (χ1v) is 8.58. The number of carbonyl (C=O) groups is 1. The van der Waals surface area contributed by atoms with Gasteiger partial charge in [-0.15, -0.1) is 0 Å². The molecule has 3 aromatic rings. The zero-order chi connectivity index (χ0) is 19.4. The quantitative estimate of drug-likeness (QED) is 0.728. The van der Waals surface area contributed by atoms with Gasteiger partial charge >= 0.3 is 0 Å². The standard InChI is InChI=1S/C21H22N2O4/c1-14(24)23(12-15-4-6-18(26-2)7-5-15)13-17-10-16-11-19(27-3)8-9-20(16)22-21(17)25/h4-11H,12-13H2,1-3H3,(H,22,25). The van der Waals surface area contributed by atoms with E-state index in [4.69, 9.17) is 9.47 Å². The van der Waals surface area contributed by atoms with Crippen LogP contribution in [0.4, 0.5) is 0 Å². The Balaban J connectivity index is 1.88. The molecule has 0 saturated carbocycles. The van der Waals surface area contributed by atoms with E-state index in [1.807, 2.05) is 30.3 Å². The van der Waals surface area contributed by atoms with Gasteiger partial charge in [0.25, 0.3) is 5.56 Å². The number of carbonyl (C=O) groups excluding carboxylic acids is 1. The molecule has 0 fully saturated rings. The van der Waals surface area contributed by atoms with Gasteiger partial charge in [-0.3, -0.25) is 9.59 Å². The van der Waals surface area contributed by atoms with Crippen LogP contribution in [0.3, 0.4) is 0 Å². The van der Waals surface area contributed by atoms with E-state index < -0.39 is 0 Å². The zero-order valence-corrected chi connectivity index (χ0v) is 15.6. The van der Waals surface area contributed by atoms with Crippen molar-refractivity contribution in [1.29, 1.82) is 0 Å². The van der Waals surface area contributed by atoms with Crippen LogP contribution < -0.4 is 15.0 Å². The topological polar surface area (TPSA) is 71.6 Å². The monoisotopic (exact) mass is 366 g/mol. The van der Waals surface area contributed by atoms with Crippen LogP contribution in [0.15, 0.2) is 53.3 Å². The Labute approximate surface area is 157 Å². The Morgan fingerprint density at radius 2 is 1.63 bits per heavy atom. The molecule has 1 N–H and O–H groups in total. The minimum atomic E-state index is -0.200. The molecular weight excluding hydrogens is 344 g/mol. The molecule has 0 spiro atoms. The maximum atomic E-state index is 12.4. The number of pyridine rings is 1. The fourth-order valence-electron chi connectivity index (χ4n) is 2.91. The molecule has 1 amide bonds. The second kappa shape index (κ2) is 7.95. The molecule has 0 saturated heterocycles. The van der Waals surface area contributed by atoms with Crippen LogP contribution in [-0.2, 0) is 17.9 Å². The van der Waals surface area contributed by atoms with E-state index in [0.29, 0.717) is 17.9 Å². The predicted molar refractivity (Wildman–Crippen MR) is 104 cm³/mol. The number of methoxy groups -OCH3 is 2. The van der Waals surface area contributed by atoms with Gasteiger partial charge in [-0.05, 0) is 42.0 Å². The molecular formula is C21H22N2O4. The number of aromatic nitrogens is 1. The summed E-state index contributed by atoms with van der Waals surface area (Å²) in [5.41, 5.74) is 2.02. The molecule has 0 aliphatic carbocycles. The number of aromatic amines is 1. The molecule has 0 aliphatic heterocycles. The fourth-order valence-corrected chi connectivity index (χ4v) is 2.91. The van der Waals surface area contributed by atoms with Crippen molar-refractivity contribution >= 4 is 16.8 Å². The van der Waals surface area contributed by atoms with Crippen molar-refractivity contribution in [1.82, 2.24) is 9.88 Å². The third-order valence-electron chi connectivity index (χ3n) is 4.47. The van der Waals surface area contributed by atoms with E-state index >= 15 is 0 Å². The lowest BCUT2D eigenvalue weighted by Gasteiger charge is -2.21. The van der Waals surface area contributed by atoms with Crippen molar-refractivity contribution in [2.75, 3.05) is 14.2 Å². The number of hydrogen-bond donors (Lipinski definition) is 1. The van der Waals surface area contributed by atoms with Gasteiger partial charge in [0, 0.05) is 29.9 Å². The summed E-state index contributed by atoms with van der Waals surface area (Å²) >= 11 is 0. The Hall–Kier alpha value is -3.28. The van der Waals surface area contributed by atoms with Gasteiger partial charge in [-0.2, -0.15) is 0 Å². The number of hydrogen-bond acceptors (Lipinski definition) is 4. The molecule has 0 unspecified atom stereocenters. The highest BCUT2D eigenvalue weighted by Gasteiger charge is 2.14. The van der Waals surface area contributed by atoms with E-state index in [-0.39, 0.29) is 18.0 Å². The van der Waals surface area contributed by atoms with Crippen molar-refractivity contribution in [3.05, 3.63) is 70.0 Å². The molecule has 0 atom stereocenters. The lowest BCUT2D eigenvalue weighted by atomic mass is 10.1. The highest BCUT2D eigenvalue weighted by Crippen LogP contribution is 2.20. The van der Waals surface area contributed by atoms with Crippen molar-refractivity contribution < 1.29 is 14.3 Å². The molecule has 0 radical (unpaired) electrons. The predicted octanol–water partition coefficient (Wildman–Crippen LogP) is 3.09. The third-order valence-corrected chi connectivity index (χ3v) is 4.47. The summed E-state index contributed by atoms with van der Waals surface area (Å²) in [6.07, 6.45) is 0. The van der Waals surface area contributed by atoms with Crippen LogP contribution in [0.25, 0.3) is 10.9 Å². The van der Waals surface area contributed by atoms with Crippen LogP contribution in [0.5, 0.6) is 11.5 Å². The summed E-state index contributed by atoms with van der Waals surface area (Å²) in [6.45, 7) is 2.14. The molecule has 27 heavy (non-hydrogen) atoms. The number of nitrogens with zero attached hydrogens (tertiary/aromatic N) is 1. The summed E-state index contributed by atoms with van der Waals surface area (Å²) in [6, 6.07) is 14.8. The van der Waals surface area contributed by atoms with Gasteiger partial charge in [0.1, 0.15) is 11.5 Å². The van der Waals surface area contributed by atoms with Crippen molar-refractivity contribution in [3.63, 3.8) is 0 Å². The summed E-state index contributed by atoms with van der Waals surface area (Å²) in [7, 11) is 3.21. The Morgan fingerprint density at radius 3 is 2.26 bits per heavy atom. The first-order valence-electron chi connectivity index (χ1n) is 8.58. The molecule has 6 nitrogen and oxygen atoms in total.